The number of rotatable bonds is 11. The monoisotopic (exact) mass is 736 g/mol. The molecule has 0 unspecified atom stereocenters. The van der Waals surface area contributed by atoms with Crippen LogP contribution in [0.15, 0.2) is 67.0 Å². The quantitative estimate of drug-likeness (QED) is 0.157. The Balaban J connectivity index is 1.08. The highest BCUT2D eigenvalue weighted by Gasteiger charge is 2.46. The molecule has 272 valence electrons. The first-order valence-electron chi connectivity index (χ1n) is 17.4. The summed E-state index contributed by atoms with van der Waals surface area (Å²) in [7, 11) is 0. The third-order valence-electron chi connectivity index (χ3n) is 9.41. The molecule has 3 aliphatic heterocycles. The lowest BCUT2D eigenvalue weighted by molar-refractivity contribution is -0.188. The molecule has 3 heterocycles. The number of esters is 1. The molecule has 0 radical (unpaired) electrons. The Morgan fingerprint density at radius 1 is 0.941 bits per heavy atom. The van der Waals surface area contributed by atoms with E-state index < -0.39 is 5.79 Å². The smallest absolute Gasteiger partial charge is 0.313 e. The fourth-order valence-electron chi connectivity index (χ4n) is 6.71. The van der Waals surface area contributed by atoms with Crippen molar-refractivity contribution in [3.05, 3.63) is 99.3 Å². The summed E-state index contributed by atoms with van der Waals surface area (Å²) in [5.74, 6) is -0.0902. The van der Waals surface area contributed by atoms with Crippen molar-refractivity contribution >= 4 is 40.8 Å². The van der Waals surface area contributed by atoms with Gasteiger partial charge in [-0.1, -0.05) is 55.2 Å². The Kier molecular flexibility index (Phi) is 11.4. The molecule has 1 amide bonds. The van der Waals surface area contributed by atoms with Crippen molar-refractivity contribution in [2.24, 2.45) is 5.92 Å². The minimum Gasteiger partial charge on any atom is -0.491 e. The third kappa shape index (κ3) is 8.75. The van der Waals surface area contributed by atoms with Crippen molar-refractivity contribution in [3.63, 3.8) is 0 Å². The molecule has 0 bridgehead atoms. The van der Waals surface area contributed by atoms with E-state index in [1.54, 1.807) is 19.1 Å². The van der Waals surface area contributed by atoms with Crippen LogP contribution in [0.2, 0.25) is 10.0 Å². The molecule has 2 fully saturated rings. The first-order chi connectivity index (χ1) is 24.4. The summed E-state index contributed by atoms with van der Waals surface area (Å²) in [6.45, 7) is 14.6. The van der Waals surface area contributed by atoms with Crippen LogP contribution in [0, 0.1) is 19.8 Å². The standard InChI is InChI=1S/C39H46Cl2N4O6/c1-26(2)38(47)50-37-27(3)18-30(19-28(37)4)21-42-12-13-43(25-42)24-39(35-11-6-31(40)20-36(35)41)49-23-34(51-39)22-48-33-9-7-32(8-10-33)45-16-14-44(15-17-45)29(5)46/h6-13,18-20,26,34H,14-17,21-25H2,1-5H3/t34-,39-/m0/s1. The lowest BCUT2D eigenvalue weighted by atomic mass is 10.0. The van der Waals surface area contributed by atoms with Crippen molar-refractivity contribution in [2.45, 2.75) is 53.1 Å². The molecule has 3 aliphatic rings. The van der Waals surface area contributed by atoms with E-state index in [-0.39, 0.29) is 23.9 Å². The van der Waals surface area contributed by atoms with Gasteiger partial charge in [-0.2, -0.15) is 0 Å². The molecule has 0 N–H and O–H groups in total. The number of carbonyl (C=O) groups is 2. The van der Waals surface area contributed by atoms with Crippen molar-refractivity contribution in [2.75, 3.05) is 57.5 Å². The molecular formula is C39H46Cl2N4O6. The minimum absolute atomic E-state index is 0.120. The molecule has 3 aromatic carbocycles. The Morgan fingerprint density at radius 3 is 2.27 bits per heavy atom. The number of carbonyl (C=O) groups excluding carboxylic acids is 2. The summed E-state index contributed by atoms with van der Waals surface area (Å²) in [6.07, 6.45) is 3.74. The van der Waals surface area contributed by atoms with Gasteiger partial charge >= 0.3 is 5.97 Å². The summed E-state index contributed by atoms with van der Waals surface area (Å²) in [6, 6.07) is 17.5. The number of amides is 1. The number of anilines is 1. The second-order valence-corrected chi connectivity index (χ2v) is 14.6. The second kappa shape index (κ2) is 15.7. The van der Waals surface area contributed by atoms with E-state index in [1.807, 2.05) is 69.1 Å². The predicted octanol–water partition coefficient (Wildman–Crippen LogP) is 6.73. The molecule has 0 saturated carbocycles. The zero-order chi connectivity index (χ0) is 36.3. The Bertz CT molecular complexity index is 1740. The van der Waals surface area contributed by atoms with Gasteiger partial charge in [-0.25, -0.2) is 0 Å². The molecule has 2 saturated heterocycles. The van der Waals surface area contributed by atoms with Crippen molar-refractivity contribution < 1.29 is 28.5 Å². The first-order valence-corrected chi connectivity index (χ1v) is 18.1. The van der Waals surface area contributed by atoms with E-state index in [1.165, 1.54) is 0 Å². The number of ether oxygens (including phenoxy) is 4. The van der Waals surface area contributed by atoms with Gasteiger partial charge in [0, 0.05) is 68.3 Å². The van der Waals surface area contributed by atoms with Gasteiger partial charge in [0.1, 0.15) is 24.2 Å². The van der Waals surface area contributed by atoms with Crippen molar-refractivity contribution in [3.8, 4) is 11.5 Å². The Morgan fingerprint density at radius 2 is 1.63 bits per heavy atom. The molecule has 51 heavy (non-hydrogen) atoms. The maximum Gasteiger partial charge on any atom is 0.313 e. The summed E-state index contributed by atoms with van der Waals surface area (Å²) >= 11 is 13.0. The topological polar surface area (TPSA) is 84.0 Å². The first kappa shape index (κ1) is 36.8. The van der Waals surface area contributed by atoms with Gasteiger partial charge in [0.05, 0.1) is 30.8 Å². The van der Waals surface area contributed by atoms with E-state index in [9.17, 15) is 9.59 Å². The third-order valence-corrected chi connectivity index (χ3v) is 9.95. The van der Waals surface area contributed by atoms with Crippen LogP contribution in [0.3, 0.4) is 0 Å². The lowest BCUT2D eigenvalue weighted by Gasteiger charge is -2.35. The molecular weight excluding hydrogens is 691 g/mol. The number of aryl methyl sites for hydroxylation is 2. The maximum absolute atomic E-state index is 12.2. The van der Waals surface area contributed by atoms with Gasteiger partial charge < -0.3 is 38.5 Å². The second-order valence-electron chi connectivity index (χ2n) is 13.8. The average Bonchev–Trinajstić information content (AvgIpc) is 3.72. The van der Waals surface area contributed by atoms with Gasteiger partial charge in [-0.15, -0.1) is 0 Å². The highest BCUT2D eigenvalue weighted by molar-refractivity contribution is 6.35. The van der Waals surface area contributed by atoms with Crippen LogP contribution in [0.1, 0.15) is 43.0 Å². The van der Waals surface area contributed by atoms with Crippen LogP contribution >= 0.6 is 23.2 Å². The van der Waals surface area contributed by atoms with Crippen LogP contribution in [-0.4, -0.2) is 85.3 Å². The fourth-order valence-corrected chi connectivity index (χ4v) is 7.26. The van der Waals surface area contributed by atoms with E-state index >= 15 is 0 Å². The zero-order valence-corrected chi connectivity index (χ0v) is 31.4. The van der Waals surface area contributed by atoms with Crippen LogP contribution < -0.4 is 14.4 Å². The van der Waals surface area contributed by atoms with E-state index in [0.717, 1.165) is 54.3 Å². The maximum atomic E-state index is 12.2. The minimum atomic E-state index is -1.14. The van der Waals surface area contributed by atoms with Crippen molar-refractivity contribution in [1.82, 2.24) is 14.7 Å². The molecule has 3 aromatic rings. The number of nitrogens with zero attached hydrogens (tertiary/aromatic N) is 4. The van der Waals surface area contributed by atoms with Crippen molar-refractivity contribution in [1.29, 1.82) is 0 Å². The summed E-state index contributed by atoms with van der Waals surface area (Å²) in [5, 5.41) is 0.997. The number of hydrogen-bond donors (Lipinski definition) is 0. The number of piperazine rings is 1. The zero-order valence-electron chi connectivity index (χ0n) is 29.9. The SMILES string of the molecule is CC(=O)N1CCN(c2ccc(OC[C@H]3CO[C@](CN4C=CN(Cc5cc(C)c(OC(=O)C(C)C)c(C)c5)C4)(c4ccc(Cl)cc4Cl)O3)cc2)CC1. The molecule has 0 spiro atoms. The highest BCUT2D eigenvalue weighted by Crippen LogP contribution is 2.41. The molecule has 6 rings (SSSR count). The molecule has 10 nitrogen and oxygen atoms in total. The Hall–Kier alpha value is -3.96. The Labute approximate surface area is 310 Å². The summed E-state index contributed by atoms with van der Waals surface area (Å²) in [5.41, 5.74) is 4.78. The summed E-state index contributed by atoms with van der Waals surface area (Å²) < 4.78 is 25.0. The van der Waals surface area contributed by atoms with E-state index in [0.29, 0.717) is 54.3 Å². The fraction of sp³-hybridized carbons (Fsp3) is 0.436. The normalized spacial score (nSPS) is 20.4. The number of halogens is 2. The largest absolute Gasteiger partial charge is 0.491 e. The van der Waals surface area contributed by atoms with Gasteiger partial charge in [-0.05, 0) is 66.9 Å². The van der Waals surface area contributed by atoms with Gasteiger partial charge in [-0.3, -0.25) is 9.59 Å². The lowest BCUT2D eigenvalue weighted by Crippen LogP contribution is -2.48. The van der Waals surface area contributed by atoms with Gasteiger partial charge in [0.25, 0.3) is 0 Å². The molecule has 0 aromatic heterocycles. The van der Waals surface area contributed by atoms with Gasteiger partial charge in [0.15, 0.2) is 0 Å². The average molecular weight is 738 g/mol. The van der Waals surface area contributed by atoms with E-state index in [4.69, 9.17) is 42.1 Å². The van der Waals surface area contributed by atoms with Crippen LogP contribution in [0.5, 0.6) is 11.5 Å². The summed E-state index contributed by atoms with van der Waals surface area (Å²) in [4.78, 5) is 32.4. The molecule has 12 heteroatoms. The predicted molar refractivity (Wildman–Crippen MR) is 198 cm³/mol. The number of benzene rings is 3. The van der Waals surface area contributed by atoms with Crippen LogP contribution in [0.4, 0.5) is 5.69 Å². The molecule has 2 atom stereocenters. The molecule has 0 aliphatic carbocycles. The van der Waals surface area contributed by atoms with Gasteiger partial charge in [0.2, 0.25) is 11.7 Å². The number of hydrogen-bond acceptors (Lipinski definition) is 9. The van der Waals surface area contributed by atoms with E-state index in [2.05, 4.69) is 33.0 Å². The van der Waals surface area contributed by atoms with Crippen LogP contribution in [0.25, 0.3) is 0 Å². The highest BCUT2D eigenvalue weighted by atomic mass is 35.5. The van der Waals surface area contributed by atoms with Crippen LogP contribution in [-0.2, 0) is 31.4 Å².